The maximum absolute atomic E-state index is 8.93. The van der Waals surface area contributed by atoms with Crippen LogP contribution in [-0.4, -0.2) is 11.5 Å². The van der Waals surface area contributed by atoms with Crippen LogP contribution in [0.4, 0.5) is 11.4 Å². The second-order valence-electron chi connectivity index (χ2n) is 4.74. The van der Waals surface area contributed by atoms with Gasteiger partial charge in [0.15, 0.2) is 0 Å². The SMILES string of the molecule is N#CCCN(c1ccccc1)c1ccnc2ccccc12. The molecule has 3 aromatic rings. The van der Waals surface area contributed by atoms with Gasteiger partial charge in [-0.05, 0) is 24.3 Å². The maximum Gasteiger partial charge on any atom is 0.0722 e. The lowest BCUT2D eigenvalue weighted by molar-refractivity contribution is 0.951. The average molecular weight is 273 g/mol. The van der Waals surface area contributed by atoms with Crippen LogP contribution in [0.2, 0.25) is 0 Å². The summed E-state index contributed by atoms with van der Waals surface area (Å²) in [5, 5.41) is 10.0. The molecule has 0 unspecified atom stereocenters. The number of nitrogens with zero attached hydrogens (tertiary/aromatic N) is 3. The van der Waals surface area contributed by atoms with Gasteiger partial charge in [-0.25, -0.2) is 0 Å². The van der Waals surface area contributed by atoms with E-state index in [4.69, 9.17) is 5.26 Å². The van der Waals surface area contributed by atoms with Crippen molar-refractivity contribution in [3.05, 3.63) is 66.9 Å². The van der Waals surface area contributed by atoms with Gasteiger partial charge < -0.3 is 4.90 Å². The van der Waals surface area contributed by atoms with Crippen molar-refractivity contribution in [3.63, 3.8) is 0 Å². The van der Waals surface area contributed by atoms with Gasteiger partial charge in [-0.15, -0.1) is 0 Å². The predicted octanol–water partition coefficient (Wildman–Crippen LogP) is 4.29. The first-order chi connectivity index (χ1) is 10.4. The molecule has 0 aliphatic heterocycles. The molecule has 0 amide bonds. The Hall–Kier alpha value is -2.86. The highest BCUT2D eigenvalue weighted by Gasteiger charge is 2.12. The first kappa shape index (κ1) is 13.1. The fourth-order valence-electron chi connectivity index (χ4n) is 2.47. The van der Waals surface area contributed by atoms with E-state index in [1.807, 2.05) is 48.7 Å². The highest BCUT2D eigenvalue weighted by molar-refractivity contribution is 5.93. The third-order valence-corrected chi connectivity index (χ3v) is 3.43. The molecule has 3 heteroatoms. The monoisotopic (exact) mass is 273 g/mol. The molecule has 0 aliphatic carbocycles. The van der Waals surface area contributed by atoms with Gasteiger partial charge in [0.25, 0.3) is 0 Å². The zero-order chi connectivity index (χ0) is 14.5. The summed E-state index contributed by atoms with van der Waals surface area (Å²) in [6.45, 7) is 0.661. The molecule has 1 heterocycles. The van der Waals surface area contributed by atoms with Crippen LogP contribution in [0.3, 0.4) is 0 Å². The van der Waals surface area contributed by atoms with Crippen LogP contribution in [0, 0.1) is 11.3 Å². The Balaban J connectivity index is 2.13. The summed E-state index contributed by atoms with van der Waals surface area (Å²) >= 11 is 0. The van der Waals surface area contributed by atoms with Crippen molar-refractivity contribution >= 4 is 22.3 Å². The van der Waals surface area contributed by atoms with E-state index in [0.717, 1.165) is 22.3 Å². The first-order valence-electron chi connectivity index (χ1n) is 6.93. The summed E-state index contributed by atoms with van der Waals surface area (Å²) in [7, 11) is 0. The molecular weight excluding hydrogens is 258 g/mol. The van der Waals surface area contributed by atoms with Gasteiger partial charge in [0.05, 0.1) is 23.7 Å². The van der Waals surface area contributed by atoms with Gasteiger partial charge in [-0.2, -0.15) is 5.26 Å². The molecule has 21 heavy (non-hydrogen) atoms. The van der Waals surface area contributed by atoms with Crippen molar-refractivity contribution in [2.24, 2.45) is 0 Å². The Morgan fingerprint density at radius 1 is 0.952 bits per heavy atom. The molecule has 0 saturated carbocycles. The smallest absolute Gasteiger partial charge is 0.0722 e. The van der Waals surface area contributed by atoms with E-state index in [-0.39, 0.29) is 0 Å². The van der Waals surface area contributed by atoms with Crippen LogP contribution in [0.25, 0.3) is 10.9 Å². The summed E-state index contributed by atoms with van der Waals surface area (Å²) in [6.07, 6.45) is 2.30. The van der Waals surface area contributed by atoms with E-state index in [1.165, 1.54) is 0 Å². The summed E-state index contributed by atoms with van der Waals surface area (Å²) in [6, 6.07) is 22.5. The number of hydrogen-bond acceptors (Lipinski definition) is 3. The zero-order valence-electron chi connectivity index (χ0n) is 11.6. The molecule has 1 aromatic heterocycles. The highest BCUT2D eigenvalue weighted by atomic mass is 15.1. The van der Waals surface area contributed by atoms with Crippen LogP contribution in [0.5, 0.6) is 0 Å². The molecule has 3 nitrogen and oxygen atoms in total. The minimum atomic E-state index is 0.478. The summed E-state index contributed by atoms with van der Waals surface area (Å²) in [5.74, 6) is 0. The standard InChI is InChI=1S/C18H15N3/c19-12-6-14-21(15-7-2-1-3-8-15)18-11-13-20-17-10-5-4-9-16(17)18/h1-5,7-11,13H,6,14H2. The lowest BCUT2D eigenvalue weighted by Gasteiger charge is -2.25. The first-order valence-corrected chi connectivity index (χ1v) is 6.93. The van der Waals surface area contributed by atoms with Crippen LogP contribution in [0.15, 0.2) is 66.9 Å². The van der Waals surface area contributed by atoms with Gasteiger partial charge in [-0.3, -0.25) is 4.98 Å². The van der Waals surface area contributed by atoms with Crippen molar-refractivity contribution in [1.29, 1.82) is 5.26 Å². The third kappa shape index (κ3) is 2.70. The number of rotatable bonds is 4. The second kappa shape index (κ2) is 6.06. The molecule has 0 atom stereocenters. The number of fused-ring (bicyclic) bond motifs is 1. The normalized spacial score (nSPS) is 10.2. The quantitative estimate of drug-likeness (QED) is 0.712. The molecule has 0 aliphatic rings. The molecule has 0 spiro atoms. The number of hydrogen-bond donors (Lipinski definition) is 0. The Labute approximate surface area is 124 Å². The summed E-state index contributed by atoms with van der Waals surface area (Å²) < 4.78 is 0. The fraction of sp³-hybridized carbons (Fsp3) is 0.111. The Morgan fingerprint density at radius 2 is 1.71 bits per heavy atom. The van der Waals surface area contributed by atoms with E-state index in [0.29, 0.717) is 13.0 Å². The summed E-state index contributed by atoms with van der Waals surface area (Å²) in [5.41, 5.74) is 3.14. The van der Waals surface area contributed by atoms with E-state index < -0.39 is 0 Å². The number of aromatic nitrogens is 1. The molecule has 0 fully saturated rings. The maximum atomic E-state index is 8.93. The van der Waals surface area contributed by atoms with E-state index in [9.17, 15) is 0 Å². The average Bonchev–Trinajstić information content (AvgIpc) is 2.56. The van der Waals surface area contributed by atoms with Crippen LogP contribution in [0.1, 0.15) is 6.42 Å². The highest BCUT2D eigenvalue weighted by Crippen LogP contribution is 2.31. The second-order valence-corrected chi connectivity index (χ2v) is 4.74. The van der Waals surface area contributed by atoms with Gasteiger partial charge in [0, 0.05) is 23.8 Å². The zero-order valence-corrected chi connectivity index (χ0v) is 11.6. The molecule has 0 saturated heterocycles. The fourth-order valence-corrected chi connectivity index (χ4v) is 2.47. The van der Waals surface area contributed by atoms with Gasteiger partial charge >= 0.3 is 0 Å². The molecule has 0 radical (unpaired) electrons. The van der Waals surface area contributed by atoms with Crippen molar-refractivity contribution in [2.75, 3.05) is 11.4 Å². The minimum Gasteiger partial charge on any atom is -0.340 e. The van der Waals surface area contributed by atoms with E-state index in [1.54, 1.807) is 0 Å². The van der Waals surface area contributed by atoms with Crippen LogP contribution < -0.4 is 4.90 Å². The third-order valence-electron chi connectivity index (χ3n) is 3.43. The van der Waals surface area contributed by atoms with Crippen LogP contribution >= 0.6 is 0 Å². The topological polar surface area (TPSA) is 39.9 Å². The number of benzene rings is 2. The molecule has 2 aromatic carbocycles. The number of anilines is 2. The van der Waals surface area contributed by atoms with Crippen LogP contribution in [-0.2, 0) is 0 Å². The van der Waals surface area contributed by atoms with Gasteiger partial charge in [-0.1, -0.05) is 36.4 Å². The number of nitriles is 1. The molecule has 102 valence electrons. The van der Waals surface area contributed by atoms with Gasteiger partial charge in [0.2, 0.25) is 0 Å². The van der Waals surface area contributed by atoms with Crippen molar-refractivity contribution < 1.29 is 0 Å². The Kier molecular flexibility index (Phi) is 3.79. The molecule has 3 rings (SSSR count). The molecule has 0 bridgehead atoms. The molecular formula is C18H15N3. The van der Waals surface area contributed by atoms with Crippen molar-refractivity contribution in [2.45, 2.75) is 6.42 Å². The number of pyridine rings is 1. The Bertz CT molecular complexity index is 770. The van der Waals surface area contributed by atoms with Crippen molar-refractivity contribution in [1.82, 2.24) is 4.98 Å². The Morgan fingerprint density at radius 3 is 2.52 bits per heavy atom. The lowest BCUT2D eigenvalue weighted by Crippen LogP contribution is -2.18. The lowest BCUT2D eigenvalue weighted by atomic mass is 10.1. The van der Waals surface area contributed by atoms with Gasteiger partial charge in [0.1, 0.15) is 0 Å². The summed E-state index contributed by atoms with van der Waals surface area (Å²) in [4.78, 5) is 6.58. The van der Waals surface area contributed by atoms with Crippen molar-refractivity contribution in [3.8, 4) is 6.07 Å². The van der Waals surface area contributed by atoms with E-state index in [2.05, 4.69) is 34.2 Å². The van der Waals surface area contributed by atoms with E-state index >= 15 is 0 Å². The largest absolute Gasteiger partial charge is 0.340 e. The minimum absolute atomic E-state index is 0.478. The molecule has 0 N–H and O–H groups in total. The number of para-hydroxylation sites is 2. The predicted molar refractivity (Wildman–Crippen MR) is 85.4 cm³/mol.